The lowest BCUT2D eigenvalue weighted by Gasteiger charge is -2.24. The first-order chi connectivity index (χ1) is 7.76. The third kappa shape index (κ3) is 2.02. The molecule has 0 amide bonds. The van der Waals surface area contributed by atoms with E-state index in [1.54, 1.807) is 0 Å². The zero-order chi connectivity index (χ0) is 11.4. The number of hydrogen-bond acceptors (Lipinski definition) is 2. The van der Waals surface area contributed by atoms with Crippen molar-refractivity contribution in [3.63, 3.8) is 0 Å². The third-order valence-electron chi connectivity index (χ3n) is 2.56. The van der Waals surface area contributed by atoms with Gasteiger partial charge in [0.1, 0.15) is 10.6 Å². The summed E-state index contributed by atoms with van der Waals surface area (Å²) in [6, 6.07) is 9.46. The van der Waals surface area contributed by atoms with Crippen LogP contribution in [-0.2, 0) is 0 Å². The molecular weight excluding hydrogens is 222 g/mol. The Hall–Kier alpha value is -1.54. The van der Waals surface area contributed by atoms with E-state index in [1.165, 1.54) is 0 Å². The predicted octanol–water partition coefficient (Wildman–Crippen LogP) is 3.36. The summed E-state index contributed by atoms with van der Waals surface area (Å²) in [4.78, 5) is -0.745. The van der Waals surface area contributed by atoms with Crippen molar-refractivity contribution < 1.29 is 5.21 Å². The van der Waals surface area contributed by atoms with Crippen LogP contribution < -0.4 is 0 Å². The molecule has 2 rings (SSSR count). The Morgan fingerprint density at radius 3 is 2.56 bits per heavy atom. The largest absolute Gasteiger partial charge is 0.411 e. The maximum absolute atomic E-state index is 9.14. The highest BCUT2D eigenvalue weighted by atomic mass is 35.5. The fourth-order valence-corrected chi connectivity index (χ4v) is 2.06. The molecule has 0 heterocycles. The molecule has 0 bridgehead atoms. The number of allylic oxidation sites excluding steroid dienone is 4. The Morgan fingerprint density at radius 1 is 1.25 bits per heavy atom. The minimum absolute atomic E-state index is 0.482. The summed E-state index contributed by atoms with van der Waals surface area (Å²) in [5, 5.41) is 12.5. The first-order valence-corrected chi connectivity index (χ1v) is 5.45. The standard InChI is InChI=1S/C13H12ClNO/c14-13(9-5-2-6-10-13)12(15-16)11-7-3-1-4-8-11/h1-9,16H,10H2. The Balaban J connectivity index is 2.38. The first kappa shape index (κ1) is 11.0. The summed E-state index contributed by atoms with van der Waals surface area (Å²) < 4.78 is 0. The second-order valence-electron chi connectivity index (χ2n) is 3.67. The molecule has 0 fully saturated rings. The quantitative estimate of drug-likeness (QED) is 0.361. The molecular formula is C13H12ClNO. The van der Waals surface area contributed by atoms with Crippen molar-refractivity contribution in [2.24, 2.45) is 5.16 Å². The van der Waals surface area contributed by atoms with Gasteiger partial charge in [-0.2, -0.15) is 0 Å². The summed E-state index contributed by atoms with van der Waals surface area (Å²) in [6.45, 7) is 0. The lowest BCUT2D eigenvalue weighted by Crippen LogP contribution is -2.31. The fraction of sp³-hybridized carbons (Fsp3) is 0.154. The minimum Gasteiger partial charge on any atom is -0.411 e. The number of alkyl halides is 1. The smallest absolute Gasteiger partial charge is 0.112 e. The lowest BCUT2D eigenvalue weighted by atomic mass is 9.90. The molecule has 1 aromatic rings. The van der Waals surface area contributed by atoms with Gasteiger partial charge < -0.3 is 5.21 Å². The van der Waals surface area contributed by atoms with Gasteiger partial charge in [0.05, 0.1) is 0 Å². The molecule has 1 atom stereocenters. The topological polar surface area (TPSA) is 32.6 Å². The van der Waals surface area contributed by atoms with Gasteiger partial charge in [-0.25, -0.2) is 0 Å². The minimum atomic E-state index is -0.745. The predicted molar refractivity (Wildman–Crippen MR) is 66.2 cm³/mol. The van der Waals surface area contributed by atoms with Crippen molar-refractivity contribution in [3.8, 4) is 0 Å². The number of halogens is 1. The van der Waals surface area contributed by atoms with Gasteiger partial charge in [0.15, 0.2) is 0 Å². The molecule has 0 spiro atoms. The lowest BCUT2D eigenvalue weighted by molar-refractivity contribution is 0.317. The Kier molecular flexibility index (Phi) is 3.11. The molecule has 0 aliphatic heterocycles. The van der Waals surface area contributed by atoms with E-state index in [1.807, 2.05) is 54.6 Å². The van der Waals surface area contributed by atoms with Crippen molar-refractivity contribution in [2.45, 2.75) is 11.3 Å². The Morgan fingerprint density at radius 2 is 2.00 bits per heavy atom. The number of rotatable bonds is 2. The van der Waals surface area contributed by atoms with Gasteiger partial charge in [-0.1, -0.05) is 59.8 Å². The molecule has 16 heavy (non-hydrogen) atoms. The highest BCUT2D eigenvalue weighted by molar-refractivity contribution is 6.40. The molecule has 1 aromatic carbocycles. The van der Waals surface area contributed by atoms with Gasteiger partial charge in [-0.15, -0.1) is 11.6 Å². The Bertz CT molecular complexity index is 450. The molecule has 82 valence electrons. The van der Waals surface area contributed by atoms with E-state index in [2.05, 4.69) is 5.16 Å². The number of oxime groups is 1. The molecule has 1 unspecified atom stereocenters. The van der Waals surface area contributed by atoms with Crippen LogP contribution in [0.15, 0.2) is 59.8 Å². The molecule has 0 saturated heterocycles. The van der Waals surface area contributed by atoms with E-state index >= 15 is 0 Å². The van der Waals surface area contributed by atoms with Crippen LogP contribution in [0, 0.1) is 0 Å². The summed E-state index contributed by atoms with van der Waals surface area (Å²) in [5.41, 5.74) is 1.32. The van der Waals surface area contributed by atoms with Crippen molar-refractivity contribution >= 4 is 17.3 Å². The summed E-state index contributed by atoms with van der Waals surface area (Å²) in [6.07, 6.45) is 8.22. The average molecular weight is 234 g/mol. The van der Waals surface area contributed by atoms with E-state index in [4.69, 9.17) is 16.8 Å². The van der Waals surface area contributed by atoms with Crippen molar-refractivity contribution in [3.05, 3.63) is 60.2 Å². The highest BCUT2D eigenvalue weighted by Crippen LogP contribution is 2.30. The SMILES string of the molecule is ON=C(c1ccccc1)C1(Cl)C=CC=CC1. The fourth-order valence-electron chi connectivity index (χ4n) is 1.75. The van der Waals surface area contributed by atoms with Gasteiger partial charge in [0.2, 0.25) is 0 Å². The van der Waals surface area contributed by atoms with Crippen LogP contribution in [0.5, 0.6) is 0 Å². The summed E-state index contributed by atoms with van der Waals surface area (Å²) >= 11 is 6.45. The molecule has 1 aliphatic carbocycles. The van der Waals surface area contributed by atoms with Crippen molar-refractivity contribution in [2.75, 3.05) is 0 Å². The van der Waals surface area contributed by atoms with Crippen LogP contribution in [-0.4, -0.2) is 15.8 Å². The normalized spacial score (nSPS) is 24.7. The monoisotopic (exact) mass is 233 g/mol. The Labute approximate surface area is 99.5 Å². The summed E-state index contributed by atoms with van der Waals surface area (Å²) in [7, 11) is 0. The van der Waals surface area contributed by atoms with Gasteiger partial charge in [0, 0.05) is 5.56 Å². The van der Waals surface area contributed by atoms with E-state index in [9.17, 15) is 0 Å². The van der Waals surface area contributed by atoms with Crippen LogP contribution in [0.3, 0.4) is 0 Å². The number of nitrogens with zero attached hydrogens (tertiary/aromatic N) is 1. The average Bonchev–Trinajstić information content (AvgIpc) is 2.32. The van der Waals surface area contributed by atoms with Crippen LogP contribution in [0.2, 0.25) is 0 Å². The van der Waals surface area contributed by atoms with Crippen molar-refractivity contribution in [1.29, 1.82) is 0 Å². The molecule has 0 radical (unpaired) electrons. The molecule has 0 saturated carbocycles. The maximum Gasteiger partial charge on any atom is 0.112 e. The highest BCUT2D eigenvalue weighted by Gasteiger charge is 2.32. The molecule has 0 aromatic heterocycles. The van der Waals surface area contributed by atoms with Gasteiger partial charge >= 0.3 is 0 Å². The van der Waals surface area contributed by atoms with Crippen molar-refractivity contribution in [1.82, 2.24) is 0 Å². The second-order valence-corrected chi connectivity index (χ2v) is 4.34. The number of hydrogen-bond donors (Lipinski definition) is 1. The van der Waals surface area contributed by atoms with Gasteiger partial charge in [-0.3, -0.25) is 0 Å². The van der Waals surface area contributed by atoms with Crippen LogP contribution in [0.1, 0.15) is 12.0 Å². The third-order valence-corrected chi connectivity index (χ3v) is 3.02. The number of benzene rings is 1. The zero-order valence-electron chi connectivity index (χ0n) is 8.68. The van der Waals surface area contributed by atoms with Crippen LogP contribution in [0.4, 0.5) is 0 Å². The van der Waals surface area contributed by atoms with Gasteiger partial charge in [-0.05, 0) is 6.42 Å². The van der Waals surface area contributed by atoms with E-state index in [0.29, 0.717) is 12.1 Å². The summed E-state index contributed by atoms with van der Waals surface area (Å²) in [5.74, 6) is 0. The zero-order valence-corrected chi connectivity index (χ0v) is 9.43. The maximum atomic E-state index is 9.14. The molecule has 1 N–H and O–H groups in total. The van der Waals surface area contributed by atoms with E-state index in [0.717, 1.165) is 5.56 Å². The molecule has 1 aliphatic rings. The molecule has 3 heteroatoms. The van der Waals surface area contributed by atoms with Crippen LogP contribution >= 0.6 is 11.6 Å². The van der Waals surface area contributed by atoms with E-state index < -0.39 is 4.87 Å². The van der Waals surface area contributed by atoms with E-state index in [-0.39, 0.29) is 0 Å². The van der Waals surface area contributed by atoms with Gasteiger partial charge in [0.25, 0.3) is 0 Å². The molecule has 2 nitrogen and oxygen atoms in total. The first-order valence-electron chi connectivity index (χ1n) is 5.07. The second kappa shape index (κ2) is 4.54. The van der Waals surface area contributed by atoms with Crippen LogP contribution in [0.25, 0.3) is 0 Å².